The summed E-state index contributed by atoms with van der Waals surface area (Å²) in [5, 5.41) is 9.70. The van der Waals surface area contributed by atoms with E-state index >= 15 is 0 Å². The number of thiol groups is 1. The first-order valence-electron chi connectivity index (χ1n) is 4.78. The summed E-state index contributed by atoms with van der Waals surface area (Å²) in [5.41, 5.74) is -0.0685. The number of hydrogen-bond acceptors (Lipinski definition) is 3. The van der Waals surface area contributed by atoms with Crippen LogP contribution in [0.3, 0.4) is 0 Å². The largest absolute Gasteiger partial charge is 0.391 e. The molecule has 0 radical (unpaired) electrons. The second-order valence-electron chi connectivity index (χ2n) is 4.06. The Kier molecular flexibility index (Phi) is 3.83. The minimum atomic E-state index is -0.183. The minimum absolute atomic E-state index is 0.0685. The average molecular weight is 201 g/mol. The molecular formula is C10H19NOS. The Morgan fingerprint density at radius 1 is 1.54 bits per heavy atom. The van der Waals surface area contributed by atoms with Crippen molar-refractivity contribution in [3.63, 3.8) is 0 Å². The van der Waals surface area contributed by atoms with E-state index in [4.69, 9.17) is 0 Å². The maximum absolute atomic E-state index is 9.70. The van der Waals surface area contributed by atoms with Gasteiger partial charge in [0.1, 0.15) is 0 Å². The van der Waals surface area contributed by atoms with E-state index in [1.54, 1.807) is 0 Å². The van der Waals surface area contributed by atoms with E-state index in [-0.39, 0.29) is 11.6 Å². The maximum atomic E-state index is 9.70. The van der Waals surface area contributed by atoms with E-state index < -0.39 is 0 Å². The van der Waals surface area contributed by atoms with Crippen LogP contribution < -0.4 is 0 Å². The molecule has 0 bridgehead atoms. The zero-order chi connectivity index (χ0) is 9.90. The smallest absolute Gasteiger partial charge is 0.0730 e. The lowest BCUT2D eigenvalue weighted by molar-refractivity contribution is 0.0608. The van der Waals surface area contributed by atoms with Crippen molar-refractivity contribution in [2.45, 2.75) is 31.9 Å². The molecule has 3 heteroatoms. The lowest BCUT2D eigenvalue weighted by atomic mass is 9.99. The van der Waals surface area contributed by atoms with Crippen LogP contribution in [-0.4, -0.2) is 40.5 Å². The first-order valence-corrected chi connectivity index (χ1v) is 5.41. The lowest BCUT2D eigenvalue weighted by Gasteiger charge is -2.32. The fourth-order valence-corrected chi connectivity index (χ4v) is 1.88. The van der Waals surface area contributed by atoms with Crippen LogP contribution in [0.2, 0.25) is 0 Å². The number of rotatable bonds is 3. The molecule has 0 aliphatic carbocycles. The van der Waals surface area contributed by atoms with Gasteiger partial charge in [0, 0.05) is 24.4 Å². The molecule has 1 saturated heterocycles. The van der Waals surface area contributed by atoms with E-state index in [9.17, 15) is 5.11 Å². The fraction of sp³-hybridized carbons (Fsp3) is 0.800. The lowest BCUT2D eigenvalue weighted by Crippen LogP contribution is -2.44. The standard InChI is InChI=1S/C10H19NOS/c1-10(2)9(12)5-7-11(10)6-3-4-8-13/h3-4,9,12-13H,5-8H2,1-2H3/b4-3+. The van der Waals surface area contributed by atoms with E-state index in [2.05, 4.69) is 37.5 Å². The molecule has 1 atom stereocenters. The summed E-state index contributed by atoms with van der Waals surface area (Å²) in [4.78, 5) is 2.30. The van der Waals surface area contributed by atoms with Gasteiger partial charge in [-0.3, -0.25) is 4.90 Å². The quantitative estimate of drug-likeness (QED) is 0.531. The maximum Gasteiger partial charge on any atom is 0.0730 e. The SMILES string of the molecule is CC1(C)C(O)CCN1C/C=C/CS. The van der Waals surface area contributed by atoms with Gasteiger partial charge < -0.3 is 5.11 Å². The van der Waals surface area contributed by atoms with Crippen molar-refractivity contribution in [2.75, 3.05) is 18.8 Å². The summed E-state index contributed by atoms with van der Waals surface area (Å²) >= 11 is 4.10. The molecule has 0 spiro atoms. The Balaban J connectivity index is 2.47. The Bertz CT molecular complexity index is 191. The van der Waals surface area contributed by atoms with Gasteiger partial charge in [0.25, 0.3) is 0 Å². The van der Waals surface area contributed by atoms with Crippen LogP contribution in [-0.2, 0) is 0 Å². The summed E-state index contributed by atoms with van der Waals surface area (Å²) in [6, 6.07) is 0. The number of aliphatic hydroxyl groups is 1. The highest BCUT2D eigenvalue weighted by Crippen LogP contribution is 2.28. The molecule has 1 aliphatic rings. The van der Waals surface area contributed by atoms with Gasteiger partial charge in [0.2, 0.25) is 0 Å². The third-order valence-electron chi connectivity index (χ3n) is 2.90. The third kappa shape index (κ3) is 2.48. The highest BCUT2D eigenvalue weighted by atomic mass is 32.1. The summed E-state index contributed by atoms with van der Waals surface area (Å²) in [6.45, 7) is 6.11. The predicted octanol–water partition coefficient (Wildman–Crippen LogP) is 1.32. The first kappa shape index (κ1) is 11.1. The summed E-state index contributed by atoms with van der Waals surface area (Å²) in [5.74, 6) is 0.789. The first-order chi connectivity index (χ1) is 6.09. The number of nitrogens with zero attached hydrogens (tertiary/aromatic N) is 1. The van der Waals surface area contributed by atoms with Crippen LogP contribution in [0, 0.1) is 0 Å². The molecule has 1 fully saturated rings. The van der Waals surface area contributed by atoms with Gasteiger partial charge in [-0.25, -0.2) is 0 Å². The van der Waals surface area contributed by atoms with E-state index in [1.807, 2.05) is 6.08 Å². The van der Waals surface area contributed by atoms with Crippen molar-refractivity contribution in [1.29, 1.82) is 0 Å². The van der Waals surface area contributed by atoms with Crippen LogP contribution in [0.15, 0.2) is 12.2 Å². The van der Waals surface area contributed by atoms with Crippen LogP contribution in [0.4, 0.5) is 0 Å². The molecular weight excluding hydrogens is 182 g/mol. The monoisotopic (exact) mass is 201 g/mol. The van der Waals surface area contributed by atoms with Gasteiger partial charge in [0.15, 0.2) is 0 Å². The highest BCUT2D eigenvalue weighted by molar-refractivity contribution is 7.80. The zero-order valence-corrected chi connectivity index (χ0v) is 9.30. The van der Waals surface area contributed by atoms with E-state index in [1.165, 1.54) is 0 Å². The van der Waals surface area contributed by atoms with Crippen molar-refractivity contribution < 1.29 is 5.11 Å². The molecule has 1 heterocycles. The molecule has 0 aromatic heterocycles. The summed E-state index contributed by atoms with van der Waals surface area (Å²) in [6.07, 6.45) is 4.87. The molecule has 1 rings (SSSR count). The minimum Gasteiger partial charge on any atom is -0.391 e. The predicted molar refractivity (Wildman–Crippen MR) is 59.3 cm³/mol. The Morgan fingerprint density at radius 3 is 2.69 bits per heavy atom. The Labute approximate surface area is 86.0 Å². The molecule has 13 heavy (non-hydrogen) atoms. The molecule has 76 valence electrons. The van der Waals surface area contributed by atoms with Gasteiger partial charge in [0.05, 0.1) is 6.10 Å². The van der Waals surface area contributed by atoms with Gasteiger partial charge in [-0.15, -0.1) is 0 Å². The second kappa shape index (κ2) is 4.49. The molecule has 0 saturated carbocycles. The van der Waals surface area contributed by atoms with Crippen molar-refractivity contribution in [3.8, 4) is 0 Å². The molecule has 1 aliphatic heterocycles. The highest BCUT2D eigenvalue weighted by Gasteiger charge is 2.39. The Morgan fingerprint density at radius 2 is 2.23 bits per heavy atom. The van der Waals surface area contributed by atoms with Crippen molar-refractivity contribution >= 4 is 12.6 Å². The fourth-order valence-electron chi connectivity index (χ4n) is 1.73. The topological polar surface area (TPSA) is 23.5 Å². The average Bonchev–Trinajstić information content (AvgIpc) is 2.32. The summed E-state index contributed by atoms with van der Waals surface area (Å²) < 4.78 is 0. The molecule has 0 aromatic carbocycles. The van der Waals surface area contributed by atoms with Gasteiger partial charge >= 0.3 is 0 Å². The van der Waals surface area contributed by atoms with Gasteiger partial charge in [-0.2, -0.15) is 12.6 Å². The second-order valence-corrected chi connectivity index (χ2v) is 4.42. The van der Waals surface area contributed by atoms with Crippen molar-refractivity contribution in [3.05, 3.63) is 12.2 Å². The van der Waals surface area contributed by atoms with Crippen LogP contribution in [0.5, 0.6) is 0 Å². The number of aliphatic hydroxyl groups excluding tert-OH is 1. The zero-order valence-electron chi connectivity index (χ0n) is 8.40. The normalized spacial score (nSPS) is 28.8. The molecule has 1 unspecified atom stereocenters. The van der Waals surface area contributed by atoms with E-state index in [0.717, 1.165) is 25.3 Å². The van der Waals surface area contributed by atoms with Crippen molar-refractivity contribution in [2.24, 2.45) is 0 Å². The Hall–Kier alpha value is 0.01000. The number of hydrogen-bond donors (Lipinski definition) is 2. The number of likely N-dealkylation sites (tertiary alicyclic amines) is 1. The van der Waals surface area contributed by atoms with Gasteiger partial charge in [-0.05, 0) is 20.3 Å². The van der Waals surface area contributed by atoms with Crippen molar-refractivity contribution in [1.82, 2.24) is 4.90 Å². The van der Waals surface area contributed by atoms with Crippen LogP contribution in [0.1, 0.15) is 20.3 Å². The summed E-state index contributed by atoms with van der Waals surface area (Å²) in [7, 11) is 0. The molecule has 0 amide bonds. The third-order valence-corrected chi connectivity index (χ3v) is 3.11. The molecule has 2 nitrogen and oxygen atoms in total. The van der Waals surface area contributed by atoms with E-state index in [0.29, 0.717) is 0 Å². The molecule has 0 aromatic rings. The molecule has 1 N–H and O–H groups in total. The van der Waals surface area contributed by atoms with Crippen LogP contribution in [0.25, 0.3) is 0 Å². The van der Waals surface area contributed by atoms with Crippen LogP contribution >= 0.6 is 12.6 Å². The van der Waals surface area contributed by atoms with Gasteiger partial charge in [-0.1, -0.05) is 12.2 Å².